The van der Waals surface area contributed by atoms with E-state index >= 15 is 0 Å². The molecule has 9 aromatic carbocycles. The quantitative estimate of drug-likeness (QED) is 0.169. The van der Waals surface area contributed by atoms with Crippen molar-refractivity contribution in [2.75, 3.05) is 0 Å². The maximum absolute atomic E-state index is 2.42. The lowest BCUT2D eigenvalue weighted by atomic mass is 9.87. The summed E-state index contributed by atoms with van der Waals surface area (Å²) in [6.07, 6.45) is 6.83. The number of allylic oxidation sites excluding steroid dienone is 1. The van der Waals surface area contributed by atoms with Crippen molar-refractivity contribution in [1.29, 1.82) is 0 Å². The second kappa shape index (κ2) is 11.7. The van der Waals surface area contributed by atoms with Crippen LogP contribution < -0.4 is 0 Å². The van der Waals surface area contributed by atoms with Crippen molar-refractivity contribution >= 4 is 49.2 Å². The molecule has 0 saturated heterocycles. The number of benzene rings is 9. The predicted octanol–water partition coefficient (Wildman–Crippen LogP) is 13.9. The molecule has 0 N–H and O–H groups in total. The molecule has 234 valence electrons. The predicted molar refractivity (Wildman–Crippen MR) is 216 cm³/mol. The Balaban J connectivity index is 1.09. The van der Waals surface area contributed by atoms with Gasteiger partial charge in [-0.3, -0.25) is 0 Å². The second-order valence-corrected chi connectivity index (χ2v) is 13.6. The molecule has 0 aromatic heterocycles. The van der Waals surface area contributed by atoms with Crippen molar-refractivity contribution in [3.63, 3.8) is 0 Å². The Morgan fingerprint density at radius 2 is 0.800 bits per heavy atom. The van der Waals surface area contributed by atoms with Crippen LogP contribution in [-0.4, -0.2) is 0 Å². The fraction of sp³-hybridized carbons (Fsp3) is 0.0400. The molecule has 0 nitrogen and oxygen atoms in total. The van der Waals surface area contributed by atoms with Crippen LogP contribution in [0.25, 0.3) is 93.7 Å². The zero-order chi connectivity index (χ0) is 33.0. The molecule has 0 aliphatic heterocycles. The molecule has 9 aromatic rings. The molecule has 0 atom stereocenters. The third-order valence-electron chi connectivity index (χ3n) is 10.7. The Morgan fingerprint density at radius 1 is 0.320 bits per heavy atom. The van der Waals surface area contributed by atoms with Crippen LogP contribution in [0, 0.1) is 0 Å². The molecule has 0 heterocycles. The van der Waals surface area contributed by atoms with E-state index in [9.17, 15) is 0 Å². The van der Waals surface area contributed by atoms with Crippen molar-refractivity contribution in [3.8, 4) is 44.5 Å². The van der Waals surface area contributed by atoms with Crippen LogP contribution in [0.4, 0.5) is 0 Å². The summed E-state index contributed by atoms with van der Waals surface area (Å²) in [5.74, 6) is 0. The molecule has 0 unspecified atom stereocenters. The van der Waals surface area contributed by atoms with Gasteiger partial charge in [0, 0.05) is 0 Å². The highest BCUT2D eigenvalue weighted by atomic mass is 14.2. The molecular formula is C50H34. The molecule has 0 bridgehead atoms. The minimum Gasteiger partial charge on any atom is -0.0836 e. The molecule has 0 heteroatoms. The fourth-order valence-corrected chi connectivity index (χ4v) is 8.09. The third-order valence-corrected chi connectivity index (χ3v) is 10.7. The van der Waals surface area contributed by atoms with Gasteiger partial charge in [0.1, 0.15) is 0 Å². The van der Waals surface area contributed by atoms with Crippen molar-refractivity contribution in [2.45, 2.75) is 12.8 Å². The molecule has 50 heavy (non-hydrogen) atoms. The van der Waals surface area contributed by atoms with Gasteiger partial charge < -0.3 is 0 Å². The van der Waals surface area contributed by atoms with Crippen LogP contribution in [0.3, 0.4) is 0 Å². The first-order valence-electron chi connectivity index (χ1n) is 17.6. The average Bonchev–Trinajstić information content (AvgIpc) is 3.20. The standard InChI is InChI=1S/C50H34/c1-3-11-39-29-41(27-21-33(39)9-1)35-17-23-37(24-18-35)47-31-49-46-16-8-6-14-44(46)48(32-50(49)45-15-7-5-13-43(45)47)38-25-19-36(20-26-38)42-28-22-34-10-2-4-12-40(34)30-42/h1,3-9,11-32H,2,10H2. The van der Waals surface area contributed by atoms with Crippen LogP contribution >= 0.6 is 0 Å². The summed E-state index contributed by atoms with van der Waals surface area (Å²) in [6, 6.07) is 63.1. The second-order valence-electron chi connectivity index (χ2n) is 13.6. The molecule has 0 saturated carbocycles. The number of rotatable bonds is 4. The normalized spacial score (nSPS) is 12.6. The van der Waals surface area contributed by atoms with Crippen LogP contribution in [0.1, 0.15) is 17.5 Å². The number of hydrogen-bond donors (Lipinski definition) is 0. The highest BCUT2D eigenvalue weighted by Crippen LogP contribution is 2.42. The number of hydrogen-bond acceptors (Lipinski definition) is 0. The maximum Gasteiger partial charge on any atom is -0.00923 e. The molecule has 10 rings (SSSR count). The van der Waals surface area contributed by atoms with E-state index in [-0.39, 0.29) is 0 Å². The lowest BCUT2D eigenvalue weighted by Crippen LogP contribution is -1.94. The van der Waals surface area contributed by atoms with Crippen LogP contribution in [-0.2, 0) is 6.42 Å². The van der Waals surface area contributed by atoms with E-state index in [4.69, 9.17) is 0 Å². The van der Waals surface area contributed by atoms with Gasteiger partial charge in [0.25, 0.3) is 0 Å². The number of fused-ring (bicyclic) bond motifs is 7. The van der Waals surface area contributed by atoms with Crippen LogP contribution in [0.2, 0.25) is 0 Å². The molecule has 0 radical (unpaired) electrons. The van der Waals surface area contributed by atoms with E-state index in [1.807, 2.05) is 0 Å². The fourth-order valence-electron chi connectivity index (χ4n) is 8.09. The van der Waals surface area contributed by atoms with Gasteiger partial charge in [-0.05, 0) is 136 Å². The van der Waals surface area contributed by atoms with Crippen LogP contribution in [0.5, 0.6) is 0 Å². The van der Waals surface area contributed by atoms with Crippen molar-refractivity contribution in [2.24, 2.45) is 0 Å². The monoisotopic (exact) mass is 634 g/mol. The Kier molecular flexibility index (Phi) is 6.74. The summed E-state index contributed by atoms with van der Waals surface area (Å²) >= 11 is 0. The smallest absolute Gasteiger partial charge is 0.00923 e. The van der Waals surface area contributed by atoms with Gasteiger partial charge >= 0.3 is 0 Å². The first kappa shape index (κ1) is 28.7. The summed E-state index contributed by atoms with van der Waals surface area (Å²) in [7, 11) is 0. The molecule has 0 spiro atoms. The largest absolute Gasteiger partial charge is 0.0836 e. The summed E-state index contributed by atoms with van der Waals surface area (Å²) in [4.78, 5) is 0. The molecule has 0 amide bonds. The molecular weight excluding hydrogens is 601 g/mol. The minimum absolute atomic E-state index is 1.13. The summed E-state index contributed by atoms with van der Waals surface area (Å²) < 4.78 is 0. The Morgan fingerprint density at radius 3 is 1.42 bits per heavy atom. The zero-order valence-electron chi connectivity index (χ0n) is 27.7. The zero-order valence-corrected chi connectivity index (χ0v) is 27.7. The summed E-state index contributed by atoms with van der Waals surface area (Å²) in [6.45, 7) is 0. The Hall–Kier alpha value is -6.24. The maximum atomic E-state index is 2.42. The van der Waals surface area contributed by atoms with Gasteiger partial charge in [-0.2, -0.15) is 0 Å². The minimum atomic E-state index is 1.13. The van der Waals surface area contributed by atoms with Gasteiger partial charge in [0.05, 0.1) is 0 Å². The lowest BCUT2D eigenvalue weighted by molar-refractivity contribution is 0.986. The van der Waals surface area contributed by atoms with E-state index in [1.54, 1.807) is 0 Å². The topological polar surface area (TPSA) is 0 Å². The van der Waals surface area contributed by atoms with E-state index in [1.165, 1.54) is 98.7 Å². The number of aryl methyl sites for hydroxylation is 1. The van der Waals surface area contributed by atoms with Gasteiger partial charge in [-0.25, -0.2) is 0 Å². The van der Waals surface area contributed by atoms with Gasteiger partial charge in [-0.15, -0.1) is 0 Å². The first-order chi connectivity index (χ1) is 24.8. The van der Waals surface area contributed by atoms with Crippen molar-refractivity contribution in [1.82, 2.24) is 0 Å². The van der Waals surface area contributed by atoms with E-state index in [0.29, 0.717) is 0 Å². The lowest BCUT2D eigenvalue weighted by Gasteiger charge is -2.17. The van der Waals surface area contributed by atoms with E-state index < -0.39 is 0 Å². The molecule has 1 aliphatic rings. The highest BCUT2D eigenvalue weighted by Gasteiger charge is 2.15. The van der Waals surface area contributed by atoms with Gasteiger partial charge in [-0.1, -0.05) is 158 Å². The summed E-state index contributed by atoms with van der Waals surface area (Å²) in [5, 5.41) is 10.2. The SMILES string of the molecule is C1=Cc2cc(-c3ccc(-c4cc5c6ccccc6c(-c6ccc(-c7ccc8ccccc8c7)cc6)cc5c5ccccc45)cc3)ccc2CC1. The summed E-state index contributed by atoms with van der Waals surface area (Å²) in [5.41, 5.74) is 12.8. The van der Waals surface area contributed by atoms with Crippen molar-refractivity contribution < 1.29 is 0 Å². The molecule has 0 fully saturated rings. The highest BCUT2D eigenvalue weighted by molar-refractivity contribution is 6.23. The van der Waals surface area contributed by atoms with Gasteiger partial charge in [0.2, 0.25) is 0 Å². The van der Waals surface area contributed by atoms with Crippen molar-refractivity contribution in [3.05, 3.63) is 187 Å². The van der Waals surface area contributed by atoms with E-state index in [0.717, 1.165) is 12.8 Å². The Labute approximate surface area is 292 Å². The van der Waals surface area contributed by atoms with E-state index in [2.05, 4.69) is 182 Å². The Bertz CT molecular complexity index is 2780. The van der Waals surface area contributed by atoms with Gasteiger partial charge in [0.15, 0.2) is 0 Å². The third kappa shape index (κ3) is 4.84. The molecule has 1 aliphatic carbocycles. The van der Waals surface area contributed by atoms with Crippen LogP contribution in [0.15, 0.2) is 176 Å². The first-order valence-corrected chi connectivity index (χ1v) is 17.6. The average molecular weight is 635 g/mol.